The molecule has 0 unspecified atom stereocenters. The van der Waals surface area contributed by atoms with Crippen molar-refractivity contribution >= 4 is 56.3 Å². The third-order valence-corrected chi connectivity index (χ3v) is 6.23. The van der Waals surface area contributed by atoms with E-state index < -0.39 is 0 Å². The fraction of sp³-hybridized carbons (Fsp3) is 0.500. The lowest BCUT2D eigenvalue weighted by Crippen LogP contribution is -2.17. The van der Waals surface area contributed by atoms with E-state index in [-0.39, 0.29) is 10.8 Å². The van der Waals surface area contributed by atoms with Crippen LogP contribution in [0, 0.1) is 13.8 Å². The summed E-state index contributed by atoms with van der Waals surface area (Å²) in [5.41, 5.74) is 9.13. The van der Waals surface area contributed by atoms with Crippen LogP contribution in [0.5, 0.6) is 0 Å². The summed E-state index contributed by atoms with van der Waals surface area (Å²) >= 11 is 2.61. The van der Waals surface area contributed by atoms with Crippen molar-refractivity contribution in [2.45, 2.75) is 66.2 Å². The molecule has 0 fully saturated rings. The Hall–Kier alpha value is -1.66. The molecular weight excluding hydrogens is 360 g/mol. The lowest BCUT2D eigenvalue weighted by Gasteiger charge is -2.27. The van der Waals surface area contributed by atoms with Crippen molar-refractivity contribution in [1.29, 1.82) is 0 Å². The zero-order chi connectivity index (χ0) is 19.0. The minimum absolute atomic E-state index is 0.0152. The fourth-order valence-corrected chi connectivity index (χ4v) is 5.56. The molecule has 0 spiro atoms. The van der Waals surface area contributed by atoms with Gasteiger partial charge in [0.25, 0.3) is 0 Å². The molecule has 26 heavy (non-hydrogen) atoms. The minimum Gasteiger partial charge on any atom is -0.173 e. The molecule has 2 aromatic heterocycles. The summed E-state index contributed by atoms with van der Waals surface area (Å²) in [5.74, 6) is 0. The third kappa shape index (κ3) is 2.31. The summed E-state index contributed by atoms with van der Waals surface area (Å²) in [6.45, 7) is 17.9. The molecule has 0 aliphatic carbocycles. The molecule has 0 radical (unpaired) electrons. The van der Waals surface area contributed by atoms with Crippen LogP contribution in [0.15, 0.2) is 0 Å². The molecule has 136 valence electrons. The first-order chi connectivity index (χ1) is 12.0. The van der Waals surface area contributed by atoms with Gasteiger partial charge in [-0.2, -0.15) is 17.5 Å². The molecule has 4 aromatic rings. The van der Waals surface area contributed by atoms with Crippen LogP contribution >= 0.6 is 23.5 Å². The van der Waals surface area contributed by atoms with Crippen molar-refractivity contribution in [3.8, 4) is 0 Å². The maximum absolute atomic E-state index is 4.72. The smallest absolute Gasteiger partial charge is 0.113 e. The number of fused-ring (bicyclic) bond motifs is 5. The highest BCUT2D eigenvalue weighted by atomic mass is 32.1. The Morgan fingerprint density at radius 3 is 1.15 bits per heavy atom. The normalized spacial score (nSPS) is 13.4. The molecule has 4 rings (SSSR count). The van der Waals surface area contributed by atoms with Crippen molar-refractivity contribution in [3.05, 3.63) is 22.3 Å². The average Bonchev–Trinajstić information content (AvgIpc) is 3.12. The number of aryl methyl sites for hydroxylation is 2. The van der Waals surface area contributed by atoms with Crippen molar-refractivity contribution in [1.82, 2.24) is 17.5 Å². The van der Waals surface area contributed by atoms with E-state index in [4.69, 9.17) is 17.5 Å². The van der Waals surface area contributed by atoms with Crippen LogP contribution in [0.4, 0.5) is 0 Å². The van der Waals surface area contributed by atoms with E-state index in [1.54, 1.807) is 0 Å². The molecule has 0 aliphatic rings. The first-order valence-electron chi connectivity index (χ1n) is 8.87. The van der Waals surface area contributed by atoms with Gasteiger partial charge < -0.3 is 0 Å². The number of rotatable bonds is 0. The highest BCUT2D eigenvalue weighted by molar-refractivity contribution is 7.00. The van der Waals surface area contributed by atoms with Gasteiger partial charge in [-0.1, -0.05) is 41.5 Å². The lowest BCUT2D eigenvalue weighted by molar-refractivity contribution is 0.590. The Balaban J connectivity index is 2.40. The topological polar surface area (TPSA) is 51.6 Å². The predicted octanol–water partition coefficient (Wildman–Crippen LogP) is 6.06. The third-order valence-electron chi connectivity index (χ3n) is 5.17. The maximum atomic E-state index is 4.72. The van der Waals surface area contributed by atoms with Gasteiger partial charge in [0.1, 0.15) is 22.1 Å². The van der Waals surface area contributed by atoms with E-state index in [0.29, 0.717) is 0 Å². The van der Waals surface area contributed by atoms with Crippen LogP contribution in [0.1, 0.15) is 63.8 Å². The summed E-state index contributed by atoms with van der Waals surface area (Å²) < 4.78 is 18.8. The number of aromatic nitrogens is 4. The van der Waals surface area contributed by atoms with Crippen molar-refractivity contribution in [2.75, 3.05) is 0 Å². The Kier molecular flexibility index (Phi) is 3.70. The molecule has 0 aliphatic heterocycles. The second-order valence-electron chi connectivity index (χ2n) is 9.17. The second-order valence-corrected chi connectivity index (χ2v) is 10.2. The molecule has 0 amide bonds. The summed E-state index contributed by atoms with van der Waals surface area (Å²) in [7, 11) is 0. The molecule has 2 heterocycles. The van der Waals surface area contributed by atoms with Crippen LogP contribution in [0.3, 0.4) is 0 Å². The van der Waals surface area contributed by atoms with Crippen molar-refractivity contribution < 1.29 is 0 Å². The summed E-state index contributed by atoms with van der Waals surface area (Å²) in [5, 5.41) is 2.40. The van der Waals surface area contributed by atoms with Crippen LogP contribution in [0.25, 0.3) is 32.8 Å². The largest absolute Gasteiger partial charge is 0.173 e. The molecule has 6 heteroatoms. The number of hydrogen-bond acceptors (Lipinski definition) is 6. The van der Waals surface area contributed by atoms with Gasteiger partial charge in [0.05, 0.1) is 23.5 Å². The van der Waals surface area contributed by atoms with Crippen molar-refractivity contribution in [3.63, 3.8) is 0 Å². The van der Waals surface area contributed by atoms with Crippen LogP contribution < -0.4 is 0 Å². The second kappa shape index (κ2) is 5.42. The molecule has 0 N–H and O–H groups in total. The Bertz CT molecular complexity index is 1080. The quantitative estimate of drug-likeness (QED) is 0.370. The number of benzene rings is 2. The highest BCUT2D eigenvalue weighted by Crippen LogP contribution is 2.45. The monoisotopic (exact) mass is 384 g/mol. The van der Waals surface area contributed by atoms with Crippen molar-refractivity contribution in [2.24, 2.45) is 0 Å². The fourth-order valence-electron chi connectivity index (χ4n) is 4.44. The van der Waals surface area contributed by atoms with Crippen LogP contribution in [0.2, 0.25) is 0 Å². The Labute approximate surface area is 162 Å². The Morgan fingerprint density at radius 2 is 0.846 bits per heavy atom. The standard InChI is InChI=1S/C20H24N4S2/c1-9-11-12(16-17(23-26-22-16)13(9)19(3,4)5)10(2)14(20(6,7)8)18-15(11)21-25-24-18/h1-8H3. The SMILES string of the molecule is Cc1c(C(C)(C)C)c2nsnc2c2c(C)c(C(C)(C)C)c3nsnc3c12. The van der Waals surface area contributed by atoms with E-state index in [0.717, 1.165) is 22.1 Å². The van der Waals surface area contributed by atoms with Gasteiger partial charge in [0.2, 0.25) is 0 Å². The average molecular weight is 385 g/mol. The Morgan fingerprint density at radius 1 is 0.538 bits per heavy atom. The summed E-state index contributed by atoms with van der Waals surface area (Å²) in [4.78, 5) is 0. The lowest BCUT2D eigenvalue weighted by atomic mass is 9.77. The van der Waals surface area contributed by atoms with E-state index in [1.165, 1.54) is 56.5 Å². The maximum Gasteiger partial charge on any atom is 0.113 e. The molecule has 0 atom stereocenters. The van der Waals surface area contributed by atoms with Gasteiger partial charge in [0, 0.05) is 10.8 Å². The number of nitrogens with zero attached hydrogens (tertiary/aromatic N) is 4. The van der Waals surface area contributed by atoms with E-state index >= 15 is 0 Å². The molecule has 4 nitrogen and oxygen atoms in total. The molecular formula is C20H24N4S2. The molecule has 2 aromatic carbocycles. The van der Waals surface area contributed by atoms with Gasteiger partial charge in [-0.15, -0.1) is 0 Å². The minimum atomic E-state index is -0.0152. The van der Waals surface area contributed by atoms with Gasteiger partial charge in [0.15, 0.2) is 0 Å². The van der Waals surface area contributed by atoms with Crippen LogP contribution in [-0.4, -0.2) is 17.5 Å². The van der Waals surface area contributed by atoms with Gasteiger partial charge in [-0.05, 0) is 46.9 Å². The van der Waals surface area contributed by atoms with E-state index in [1.807, 2.05) is 0 Å². The van der Waals surface area contributed by atoms with Crippen LogP contribution in [-0.2, 0) is 10.8 Å². The highest BCUT2D eigenvalue weighted by Gasteiger charge is 2.30. The molecule has 0 saturated heterocycles. The van der Waals surface area contributed by atoms with Gasteiger partial charge in [-0.3, -0.25) is 0 Å². The zero-order valence-electron chi connectivity index (χ0n) is 16.6. The van der Waals surface area contributed by atoms with Gasteiger partial charge in [-0.25, -0.2) is 0 Å². The first-order valence-corrected chi connectivity index (χ1v) is 10.3. The predicted molar refractivity (Wildman–Crippen MR) is 113 cm³/mol. The van der Waals surface area contributed by atoms with E-state index in [9.17, 15) is 0 Å². The molecule has 0 saturated carbocycles. The first kappa shape index (κ1) is 17.7. The zero-order valence-corrected chi connectivity index (χ0v) is 18.2. The van der Waals surface area contributed by atoms with E-state index in [2.05, 4.69) is 55.4 Å². The molecule has 0 bridgehead atoms. The summed E-state index contributed by atoms with van der Waals surface area (Å²) in [6, 6.07) is 0. The van der Waals surface area contributed by atoms with Gasteiger partial charge >= 0.3 is 0 Å². The number of hydrogen-bond donors (Lipinski definition) is 0. The summed E-state index contributed by atoms with van der Waals surface area (Å²) in [6.07, 6.45) is 0.